The van der Waals surface area contributed by atoms with Gasteiger partial charge in [0.1, 0.15) is 12.1 Å². The highest BCUT2D eigenvalue weighted by molar-refractivity contribution is 5.92. The Morgan fingerprint density at radius 2 is 2.09 bits per heavy atom. The van der Waals surface area contributed by atoms with Crippen LogP contribution in [0.4, 0.5) is 5.82 Å². The van der Waals surface area contributed by atoms with Crippen LogP contribution >= 0.6 is 0 Å². The molecule has 0 aromatic carbocycles. The number of nitrogens with zero attached hydrogens (tertiary/aromatic N) is 4. The number of oxazole rings is 1. The third kappa shape index (κ3) is 2.93. The fourth-order valence-electron chi connectivity index (χ4n) is 2.70. The molecule has 7 nitrogen and oxygen atoms in total. The van der Waals surface area contributed by atoms with E-state index < -0.39 is 0 Å². The lowest BCUT2D eigenvalue weighted by molar-refractivity contribution is 0.0706. The van der Waals surface area contributed by atoms with Gasteiger partial charge >= 0.3 is 0 Å². The van der Waals surface area contributed by atoms with E-state index in [2.05, 4.69) is 20.3 Å². The maximum Gasteiger partial charge on any atom is 0.275 e. The van der Waals surface area contributed by atoms with E-state index in [1.54, 1.807) is 13.1 Å². The first-order chi connectivity index (χ1) is 10.7. The van der Waals surface area contributed by atoms with Gasteiger partial charge in [-0.15, -0.1) is 0 Å². The predicted molar refractivity (Wildman–Crippen MR) is 80.7 cm³/mol. The Balaban J connectivity index is 1.63. The molecule has 2 aromatic heterocycles. The number of hydrogen-bond donors (Lipinski definition) is 1. The summed E-state index contributed by atoms with van der Waals surface area (Å²) in [5.74, 6) is 1.56. The molecule has 0 bridgehead atoms. The highest BCUT2D eigenvalue weighted by Crippen LogP contribution is 2.27. The van der Waals surface area contributed by atoms with E-state index in [-0.39, 0.29) is 5.91 Å². The Labute approximate surface area is 128 Å². The third-order valence-electron chi connectivity index (χ3n) is 3.95. The molecule has 0 radical (unpaired) electrons. The normalized spacial score (nSPS) is 15.8. The number of aromatic nitrogens is 3. The summed E-state index contributed by atoms with van der Waals surface area (Å²) >= 11 is 0. The molecule has 1 aliphatic rings. The summed E-state index contributed by atoms with van der Waals surface area (Å²) < 4.78 is 5.11. The second kappa shape index (κ2) is 6.13. The molecular weight excluding hydrogens is 282 g/mol. The number of anilines is 1. The van der Waals surface area contributed by atoms with E-state index in [1.807, 2.05) is 18.1 Å². The third-order valence-corrected chi connectivity index (χ3v) is 3.95. The minimum absolute atomic E-state index is 0.0645. The van der Waals surface area contributed by atoms with Crippen LogP contribution in [0.25, 0.3) is 0 Å². The Kier molecular flexibility index (Phi) is 4.04. The molecule has 3 heterocycles. The minimum Gasteiger partial charge on any atom is -0.448 e. The van der Waals surface area contributed by atoms with Gasteiger partial charge in [0.2, 0.25) is 0 Å². The number of carbonyl (C=O) groups is 1. The second-order valence-corrected chi connectivity index (χ2v) is 5.40. The number of aryl methyl sites for hydroxylation is 1. The molecule has 1 N–H and O–H groups in total. The first-order valence-corrected chi connectivity index (χ1v) is 7.38. The van der Waals surface area contributed by atoms with E-state index in [0.717, 1.165) is 24.4 Å². The molecule has 0 spiro atoms. The number of amides is 1. The molecule has 1 aliphatic heterocycles. The van der Waals surface area contributed by atoms with Crippen molar-refractivity contribution in [2.24, 2.45) is 0 Å². The van der Waals surface area contributed by atoms with Gasteiger partial charge in [0, 0.05) is 39.2 Å². The number of rotatable bonds is 3. The van der Waals surface area contributed by atoms with Gasteiger partial charge in [-0.3, -0.25) is 9.78 Å². The molecule has 0 unspecified atom stereocenters. The average molecular weight is 301 g/mol. The molecule has 0 atom stereocenters. The summed E-state index contributed by atoms with van der Waals surface area (Å²) in [6.45, 7) is 3.12. The summed E-state index contributed by atoms with van der Waals surface area (Å²) in [4.78, 5) is 27.0. The predicted octanol–water partition coefficient (Wildman–Crippen LogP) is 1.83. The number of hydrogen-bond acceptors (Lipinski definition) is 6. The van der Waals surface area contributed by atoms with E-state index >= 15 is 0 Å². The zero-order valence-corrected chi connectivity index (χ0v) is 12.7. The van der Waals surface area contributed by atoms with Crippen molar-refractivity contribution in [2.45, 2.75) is 25.7 Å². The SMILES string of the molecule is CNc1cncc(C2CCN(C(=O)c3coc(C)n3)CC2)n1. The number of carbonyl (C=O) groups excluding carboxylic acids is 1. The fraction of sp³-hybridized carbons (Fsp3) is 0.467. The maximum absolute atomic E-state index is 12.3. The molecule has 2 aromatic rings. The van der Waals surface area contributed by atoms with E-state index in [1.165, 1.54) is 6.26 Å². The van der Waals surface area contributed by atoms with Gasteiger partial charge in [0.05, 0.1) is 11.9 Å². The molecule has 22 heavy (non-hydrogen) atoms. The van der Waals surface area contributed by atoms with Crippen LogP contribution in [0.1, 0.15) is 40.8 Å². The van der Waals surface area contributed by atoms with Gasteiger partial charge in [-0.2, -0.15) is 0 Å². The van der Waals surface area contributed by atoms with E-state index in [4.69, 9.17) is 4.42 Å². The Morgan fingerprint density at radius 1 is 1.32 bits per heavy atom. The van der Waals surface area contributed by atoms with E-state index in [0.29, 0.717) is 30.6 Å². The van der Waals surface area contributed by atoms with Crippen LogP contribution < -0.4 is 5.32 Å². The average Bonchev–Trinajstić information content (AvgIpc) is 3.01. The van der Waals surface area contributed by atoms with Crippen molar-refractivity contribution >= 4 is 11.7 Å². The maximum atomic E-state index is 12.3. The van der Waals surface area contributed by atoms with Crippen LogP contribution in [-0.4, -0.2) is 45.9 Å². The number of piperidine rings is 1. The van der Waals surface area contributed by atoms with Crippen LogP contribution in [-0.2, 0) is 0 Å². The summed E-state index contributed by atoms with van der Waals surface area (Å²) in [5.41, 5.74) is 1.36. The van der Waals surface area contributed by atoms with Crippen LogP contribution in [0.15, 0.2) is 23.1 Å². The van der Waals surface area contributed by atoms with Crippen molar-refractivity contribution in [1.82, 2.24) is 19.9 Å². The van der Waals surface area contributed by atoms with Gasteiger partial charge in [0.15, 0.2) is 11.6 Å². The first kappa shape index (κ1) is 14.5. The van der Waals surface area contributed by atoms with Crippen molar-refractivity contribution in [3.63, 3.8) is 0 Å². The molecule has 0 saturated carbocycles. The molecule has 3 rings (SSSR count). The molecule has 1 saturated heterocycles. The molecule has 1 amide bonds. The van der Waals surface area contributed by atoms with Crippen molar-refractivity contribution in [2.75, 3.05) is 25.5 Å². The molecule has 7 heteroatoms. The van der Waals surface area contributed by atoms with Gasteiger partial charge in [-0.05, 0) is 12.8 Å². The monoisotopic (exact) mass is 301 g/mol. The van der Waals surface area contributed by atoms with Gasteiger partial charge < -0.3 is 14.6 Å². The lowest BCUT2D eigenvalue weighted by Crippen LogP contribution is -2.38. The number of likely N-dealkylation sites (tertiary alicyclic amines) is 1. The topological polar surface area (TPSA) is 84.2 Å². The van der Waals surface area contributed by atoms with Crippen molar-refractivity contribution in [1.29, 1.82) is 0 Å². The fourth-order valence-corrected chi connectivity index (χ4v) is 2.70. The summed E-state index contributed by atoms with van der Waals surface area (Å²) in [6, 6.07) is 0. The Bertz CT molecular complexity index is 661. The first-order valence-electron chi connectivity index (χ1n) is 7.38. The van der Waals surface area contributed by atoms with Gasteiger partial charge in [0.25, 0.3) is 5.91 Å². The van der Waals surface area contributed by atoms with Gasteiger partial charge in [-0.1, -0.05) is 0 Å². The van der Waals surface area contributed by atoms with Crippen LogP contribution in [0.2, 0.25) is 0 Å². The highest BCUT2D eigenvalue weighted by atomic mass is 16.3. The lowest BCUT2D eigenvalue weighted by Gasteiger charge is -2.31. The lowest BCUT2D eigenvalue weighted by atomic mass is 9.93. The summed E-state index contributed by atoms with van der Waals surface area (Å²) in [6.07, 6.45) is 6.69. The Morgan fingerprint density at radius 3 is 2.73 bits per heavy atom. The molecule has 116 valence electrons. The van der Waals surface area contributed by atoms with Crippen molar-refractivity contribution in [3.8, 4) is 0 Å². The van der Waals surface area contributed by atoms with Crippen LogP contribution in [0.3, 0.4) is 0 Å². The highest BCUT2D eigenvalue weighted by Gasteiger charge is 2.27. The van der Waals surface area contributed by atoms with E-state index in [9.17, 15) is 4.79 Å². The number of nitrogens with one attached hydrogen (secondary N) is 1. The summed E-state index contributed by atoms with van der Waals surface area (Å²) in [7, 11) is 1.83. The quantitative estimate of drug-likeness (QED) is 0.931. The molecular formula is C15H19N5O2. The zero-order valence-electron chi connectivity index (χ0n) is 12.7. The molecule has 1 fully saturated rings. The van der Waals surface area contributed by atoms with Crippen LogP contribution in [0, 0.1) is 6.92 Å². The van der Waals surface area contributed by atoms with Crippen LogP contribution in [0.5, 0.6) is 0 Å². The Hall–Kier alpha value is -2.44. The molecule has 0 aliphatic carbocycles. The van der Waals surface area contributed by atoms with Crippen molar-refractivity contribution < 1.29 is 9.21 Å². The second-order valence-electron chi connectivity index (χ2n) is 5.40. The van der Waals surface area contributed by atoms with Gasteiger partial charge in [-0.25, -0.2) is 9.97 Å². The minimum atomic E-state index is -0.0645. The largest absolute Gasteiger partial charge is 0.448 e. The standard InChI is InChI=1S/C15H19N5O2/c1-10-18-13(9-22-10)15(21)20-5-3-11(4-6-20)12-7-17-8-14(16-2)19-12/h7-9,11H,3-6H2,1-2H3,(H,16,19). The zero-order chi connectivity index (χ0) is 15.5. The van der Waals surface area contributed by atoms with Crippen molar-refractivity contribution in [3.05, 3.63) is 35.9 Å². The smallest absolute Gasteiger partial charge is 0.275 e. The summed E-state index contributed by atoms with van der Waals surface area (Å²) in [5, 5.41) is 3.00.